The zero-order valence-electron chi connectivity index (χ0n) is 25.0. The van der Waals surface area contributed by atoms with Gasteiger partial charge in [-0.15, -0.1) is 0 Å². The fourth-order valence-electron chi connectivity index (χ4n) is 10.8. The van der Waals surface area contributed by atoms with Gasteiger partial charge in [-0.3, -0.25) is 0 Å². The number of ether oxygens (including phenoxy) is 4. The van der Waals surface area contributed by atoms with Crippen LogP contribution in [0.3, 0.4) is 0 Å². The minimum atomic E-state index is -0.349. The Labute approximate surface area is 248 Å². The highest BCUT2D eigenvalue weighted by molar-refractivity contribution is 5.85. The molecule has 0 saturated heterocycles. The second-order valence-corrected chi connectivity index (χ2v) is 15.2. The molecule has 8 bridgehead atoms. The largest absolute Gasteiger partial charge is 0.482 e. The molecule has 6 nitrogen and oxygen atoms in total. The van der Waals surface area contributed by atoms with E-state index >= 15 is 0 Å². The van der Waals surface area contributed by atoms with E-state index < -0.39 is 0 Å². The van der Waals surface area contributed by atoms with Crippen LogP contribution in [0, 0.1) is 47.3 Å². The molecular weight excluding hydrogens is 528 g/mol. The minimum absolute atomic E-state index is 0.0995. The highest BCUT2D eigenvalue weighted by Gasteiger charge is 2.58. The lowest BCUT2D eigenvalue weighted by Crippen LogP contribution is -2.58. The molecule has 0 N–H and O–H groups in total. The standard InChI is InChI=1S/C36H44O6/c1-35(27-9-21-7-22(11-27)12-28(35)10-21)41-33(37)19-39-31-5-3-25-4-6-32(18-26(25)17-31)40-20-34(38)42-36(2)29-13-23-8-24(15-29)16-30(36)14-23/h3-6,17-18,21-24,27-30H,7-16,19-20H2,1-2H3. The van der Waals surface area contributed by atoms with Crippen molar-refractivity contribution in [2.24, 2.45) is 47.3 Å². The maximum absolute atomic E-state index is 12.9. The monoisotopic (exact) mass is 572 g/mol. The molecule has 0 spiro atoms. The summed E-state index contributed by atoms with van der Waals surface area (Å²) >= 11 is 0. The van der Waals surface area contributed by atoms with Crippen LogP contribution >= 0.6 is 0 Å². The van der Waals surface area contributed by atoms with Crippen molar-refractivity contribution in [2.45, 2.75) is 89.3 Å². The molecule has 224 valence electrons. The average Bonchev–Trinajstić information content (AvgIpc) is 2.96. The van der Waals surface area contributed by atoms with Crippen molar-refractivity contribution in [3.63, 3.8) is 0 Å². The van der Waals surface area contributed by atoms with Crippen molar-refractivity contribution in [3.05, 3.63) is 36.4 Å². The first-order valence-electron chi connectivity index (χ1n) is 16.5. The summed E-state index contributed by atoms with van der Waals surface area (Å²) in [6.07, 6.45) is 12.4. The average molecular weight is 573 g/mol. The summed E-state index contributed by atoms with van der Waals surface area (Å²) in [5, 5.41) is 1.95. The summed E-state index contributed by atoms with van der Waals surface area (Å²) in [5.74, 6) is 5.94. The summed E-state index contributed by atoms with van der Waals surface area (Å²) < 4.78 is 24.1. The van der Waals surface area contributed by atoms with Gasteiger partial charge in [0.2, 0.25) is 0 Å². The van der Waals surface area contributed by atoms with Crippen molar-refractivity contribution in [1.82, 2.24) is 0 Å². The predicted molar refractivity (Wildman–Crippen MR) is 158 cm³/mol. The van der Waals surface area contributed by atoms with Crippen LogP contribution < -0.4 is 9.47 Å². The maximum Gasteiger partial charge on any atom is 0.344 e. The number of benzene rings is 2. The van der Waals surface area contributed by atoms with Gasteiger partial charge in [-0.25, -0.2) is 9.59 Å². The van der Waals surface area contributed by atoms with Crippen LogP contribution in [0.1, 0.15) is 78.1 Å². The molecular formula is C36H44O6. The van der Waals surface area contributed by atoms with Crippen molar-refractivity contribution >= 4 is 22.7 Å². The zero-order valence-corrected chi connectivity index (χ0v) is 25.0. The van der Waals surface area contributed by atoms with Crippen molar-refractivity contribution in [3.8, 4) is 11.5 Å². The number of carbonyl (C=O) groups excluding carboxylic acids is 2. The first kappa shape index (κ1) is 26.8. The second kappa shape index (κ2) is 9.89. The molecule has 0 radical (unpaired) electrons. The Hall–Kier alpha value is -2.76. The topological polar surface area (TPSA) is 71.1 Å². The van der Waals surface area contributed by atoms with Gasteiger partial charge in [-0.2, -0.15) is 0 Å². The molecule has 0 unspecified atom stereocenters. The molecule has 8 aliphatic carbocycles. The lowest BCUT2D eigenvalue weighted by atomic mass is 9.50. The lowest BCUT2D eigenvalue weighted by molar-refractivity contribution is -0.205. The fraction of sp³-hybridized carbons (Fsp3) is 0.667. The van der Waals surface area contributed by atoms with E-state index in [-0.39, 0.29) is 36.4 Å². The highest BCUT2D eigenvalue weighted by Crippen LogP contribution is 2.60. The van der Waals surface area contributed by atoms with E-state index in [0.717, 1.165) is 34.4 Å². The van der Waals surface area contributed by atoms with Crippen LogP contribution in [0.4, 0.5) is 0 Å². The third-order valence-electron chi connectivity index (χ3n) is 12.7. The maximum atomic E-state index is 12.9. The number of esters is 2. The van der Waals surface area contributed by atoms with E-state index in [2.05, 4.69) is 13.8 Å². The smallest absolute Gasteiger partial charge is 0.344 e. The number of fused-ring (bicyclic) bond motifs is 1. The van der Waals surface area contributed by atoms with E-state index in [1.807, 2.05) is 36.4 Å². The number of hydrogen-bond acceptors (Lipinski definition) is 6. The van der Waals surface area contributed by atoms with Gasteiger partial charge in [0.1, 0.15) is 22.7 Å². The van der Waals surface area contributed by atoms with Gasteiger partial charge < -0.3 is 18.9 Å². The number of hydrogen-bond donors (Lipinski definition) is 0. The lowest BCUT2D eigenvalue weighted by Gasteiger charge is -2.59. The molecule has 0 atom stereocenters. The first-order valence-corrected chi connectivity index (χ1v) is 16.5. The summed E-state index contributed by atoms with van der Waals surface area (Å²) in [5.41, 5.74) is -0.698. The summed E-state index contributed by atoms with van der Waals surface area (Å²) in [4.78, 5) is 25.8. The molecule has 0 amide bonds. The first-order chi connectivity index (χ1) is 20.2. The molecule has 2 aromatic carbocycles. The Bertz CT molecular complexity index is 1240. The summed E-state index contributed by atoms with van der Waals surface area (Å²) in [6.45, 7) is 4.12. The van der Waals surface area contributed by atoms with Crippen LogP contribution in [0.15, 0.2) is 36.4 Å². The zero-order chi connectivity index (χ0) is 28.6. The third kappa shape index (κ3) is 4.59. The van der Waals surface area contributed by atoms with Gasteiger partial charge >= 0.3 is 11.9 Å². The van der Waals surface area contributed by atoms with E-state index in [0.29, 0.717) is 35.2 Å². The van der Waals surface area contributed by atoms with E-state index in [1.54, 1.807) is 0 Å². The Kier molecular flexibility index (Phi) is 6.32. The van der Waals surface area contributed by atoms with Crippen LogP contribution in [0.5, 0.6) is 11.5 Å². The quantitative estimate of drug-likeness (QED) is 0.314. The predicted octanol–water partition coefficient (Wildman–Crippen LogP) is 7.11. The van der Waals surface area contributed by atoms with Gasteiger partial charge in [0, 0.05) is 0 Å². The van der Waals surface area contributed by atoms with Gasteiger partial charge in [-0.05, 0) is 160 Å². The van der Waals surface area contributed by atoms with Crippen LogP contribution in [-0.4, -0.2) is 36.4 Å². The molecule has 6 heteroatoms. The summed E-state index contributed by atoms with van der Waals surface area (Å²) in [7, 11) is 0. The van der Waals surface area contributed by atoms with Gasteiger partial charge in [0.15, 0.2) is 13.2 Å². The van der Waals surface area contributed by atoms with Crippen LogP contribution in [0.25, 0.3) is 10.8 Å². The third-order valence-corrected chi connectivity index (χ3v) is 12.7. The molecule has 42 heavy (non-hydrogen) atoms. The molecule has 8 fully saturated rings. The molecule has 8 saturated carbocycles. The van der Waals surface area contributed by atoms with Crippen molar-refractivity contribution in [1.29, 1.82) is 0 Å². The second-order valence-electron chi connectivity index (χ2n) is 15.2. The SMILES string of the molecule is CC1(OC(=O)COc2ccc3ccc(OCC(=O)OC4(C)C5CC6CC(C5)CC4C6)cc3c2)C2CC3CC(C2)CC1C3. The van der Waals surface area contributed by atoms with Crippen molar-refractivity contribution in [2.75, 3.05) is 13.2 Å². The molecule has 0 heterocycles. The Balaban J connectivity index is 0.868. The van der Waals surface area contributed by atoms with Gasteiger partial charge in [0.05, 0.1) is 0 Å². The minimum Gasteiger partial charge on any atom is -0.482 e. The van der Waals surface area contributed by atoms with E-state index in [9.17, 15) is 9.59 Å². The van der Waals surface area contributed by atoms with Crippen LogP contribution in [-0.2, 0) is 19.1 Å². The molecule has 8 aliphatic rings. The van der Waals surface area contributed by atoms with Gasteiger partial charge in [-0.1, -0.05) is 12.1 Å². The molecule has 2 aromatic rings. The molecule has 0 aliphatic heterocycles. The number of carbonyl (C=O) groups is 2. The van der Waals surface area contributed by atoms with E-state index in [1.165, 1.54) is 64.2 Å². The Morgan fingerprint density at radius 1 is 0.571 bits per heavy atom. The fourth-order valence-corrected chi connectivity index (χ4v) is 10.8. The van der Waals surface area contributed by atoms with Gasteiger partial charge in [0.25, 0.3) is 0 Å². The highest BCUT2D eigenvalue weighted by atomic mass is 16.6. The van der Waals surface area contributed by atoms with E-state index in [4.69, 9.17) is 18.9 Å². The molecule has 0 aromatic heterocycles. The summed E-state index contributed by atoms with van der Waals surface area (Å²) in [6, 6.07) is 11.5. The van der Waals surface area contributed by atoms with Crippen molar-refractivity contribution < 1.29 is 28.5 Å². The molecule has 10 rings (SSSR count). The van der Waals surface area contributed by atoms with Crippen LogP contribution in [0.2, 0.25) is 0 Å². The normalized spacial score (nSPS) is 40.7. The Morgan fingerprint density at radius 3 is 1.29 bits per heavy atom. The Morgan fingerprint density at radius 2 is 0.929 bits per heavy atom. The number of rotatable bonds is 8.